The Labute approximate surface area is 94.5 Å². The molecule has 0 saturated heterocycles. The maximum atomic E-state index is 13.4. The van der Waals surface area contributed by atoms with E-state index in [2.05, 4.69) is 0 Å². The molecule has 0 atom stereocenters. The second-order valence-corrected chi connectivity index (χ2v) is 4.32. The SMILES string of the molecule is CN(c1cccc(F)c1C=O)C(C)(C)CO. The second-order valence-electron chi connectivity index (χ2n) is 4.32. The van der Waals surface area contributed by atoms with E-state index in [1.165, 1.54) is 6.07 Å². The first-order valence-corrected chi connectivity index (χ1v) is 5.02. The van der Waals surface area contributed by atoms with Crippen LogP contribution in [0.15, 0.2) is 18.2 Å². The Kier molecular flexibility index (Phi) is 3.65. The number of carbonyl (C=O) groups is 1. The predicted molar refractivity (Wildman–Crippen MR) is 61.4 cm³/mol. The van der Waals surface area contributed by atoms with Gasteiger partial charge in [-0.25, -0.2) is 4.39 Å². The van der Waals surface area contributed by atoms with Crippen LogP contribution in [-0.2, 0) is 0 Å². The molecule has 0 amide bonds. The molecule has 0 aliphatic heterocycles. The standard InChI is InChI=1S/C12H16FNO2/c1-12(2,8-16)14(3)11-6-4-5-10(13)9(11)7-15/h4-7,16H,8H2,1-3H3. The van der Waals surface area contributed by atoms with E-state index in [-0.39, 0.29) is 12.2 Å². The molecule has 0 heterocycles. The maximum Gasteiger partial charge on any atom is 0.155 e. The lowest BCUT2D eigenvalue weighted by Crippen LogP contribution is -2.44. The third-order valence-electron chi connectivity index (χ3n) is 2.80. The molecule has 4 heteroatoms. The summed E-state index contributed by atoms with van der Waals surface area (Å²) in [5.74, 6) is -0.548. The number of benzene rings is 1. The summed E-state index contributed by atoms with van der Waals surface area (Å²) in [7, 11) is 1.72. The largest absolute Gasteiger partial charge is 0.394 e. The van der Waals surface area contributed by atoms with Gasteiger partial charge in [-0.15, -0.1) is 0 Å². The Hall–Kier alpha value is -1.42. The first-order chi connectivity index (χ1) is 7.44. The van der Waals surface area contributed by atoms with Crippen LogP contribution in [0.4, 0.5) is 10.1 Å². The smallest absolute Gasteiger partial charge is 0.155 e. The van der Waals surface area contributed by atoms with Gasteiger partial charge in [0.2, 0.25) is 0 Å². The molecule has 0 saturated carbocycles. The highest BCUT2D eigenvalue weighted by atomic mass is 19.1. The average molecular weight is 225 g/mol. The van der Waals surface area contributed by atoms with Crippen LogP contribution >= 0.6 is 0 Å². The summed E-state index contributed by atoms with van der Waals surface area (Å²) < 4.78 is 13.4. The van der Waals surface area contributed by atoms with Crippen LogP contribution in [0.3, 0.4) is 0 Å². The molecule has 0 aliphatic rings. The molecular formula is C12H16FNO2. The van der Waals surface area contributed by atoms with Crippen LogP contribution in [0.2, 0.25) is 0 Å². The van der Waals surface area contributed by atoms with E-state index in [4.69, 9.17) is 0 Å². The van der Waals surface area contributed by atoms with Crippen molar-refractivity contribution in [3.63, 3.8) is 0 Å². The van der Waals surface area contributed by atoms with Gasteiger partial charge >= 0.3 is 0 Å². The van der Waals surface area contributed by atoms with Crippen LogP contribution in [0, 0.1) is 5.82 Å². The maximum absolute atomic E-state index is 13.4. The Morgan fingerprint density at radius 1 is 1.50 bits per heavy atom. The average Bonchev–Trinajstić information content (AvgIpc) is 2.27. The van der Waals surface area contributed by atoms with E-state index in [1.807, 2.05) is 13.8 Å². The first kappa shape index (κ1) is 12.6. The lowest BCUT2D eigenvalue weighted by molar-refractivity contribution is 0.111. The van der Waals surface area contributed by atoms with Crippen molar-refractivity contribution in [1.29, 1.82) is 0 Å². The molecule has 3 nitrogen and oxygen atoms in total. The van der Waals surface area contributed by atoms with Gasteiger partial charge in [-0.05, 0) is 26.0 Å². The summed E-state index contributed by atoms with van der Waals surface area (Å²) in [4.78, 5) is 12.5. The lowest BCUT2D eigenvalue weighted by Gasteiger charge is -2.36. The highest BCUT2D eigenvalue weighted by Gasteiger charge is 2.25. The summed E-state index contributed by atoms with van der Waals surface area (Å²) in [5, 5.41) is 9.23. The van der Waals surface area contributed by atoms with Gasteiger partial charge in [0.05, 0.1) is 23.4 Å². The number of anilines is 1. The molecule has 0 radical (unpaired) electrons. The number of hydrogen-bond acceptors (Lipinski definition) is 3. The number of halogens is 1. The fraction of sp³-hybridized carbons (Fsp3) is 0.417. The van der Waals surface area contributed by atoms with E-state index in [0.29, 0.717) is 12.0 Å². The van der Waals surface area contributed by atoms with Gasteiger partial charge in [-0.1, -0.05) is 6.07 Å². The number of carbonyl (C=O) groups excluding carboxylic acids is 1. The van der Waals surface area contributed by atoms with Crippen molar-refractivity contribution >= 4 is 12.0 Å². The highest BCUT2D eigenvalue weighted by Crippen LogP contribution is 2.26. The Morgan fingerprint density at radius 2 is 2.12 bits per heavy atom. The van der Waals surface area contributed by atoms with Crippen molar-refractivity contribution in [3.8, 4) is 0 Å². The van der Waals surface area contributed by atoms with E-state index < -0.39 is 11.4 Å². The molecule has 0 unspecified atom stereocenters. The molecule has 0 bridgehead atoms. The topological polar surface area (TPSA) is 40.5 Å². The molecule has 0 spiro atoms. The normalized spacial score (nSPS) is 11.3. The number of likely N-dealkylation sites (N-methyl/N-ethyl adjacent to an activating group) is 1. The van der Waals surface area contributed by atoms with Crippen molar-refractivity contribution in [1.82, 2.24) is 0 Å². The third kappa shape index (κ3) is 2.22. The molecule has 1 aromatic rings. The molecular weight excluding hydrogens is 209 g/mol. The monoisotopic (exact) mass is 225 g/mol. The minimum absolute atomic E-state index is 0.0199. The van der Waals surface area contributed by atoms with Crippen molar-refractivity contribution in [3.05, 3.63) is 29.6 Å². The number of aliphatic hydroxyl groups is 1. The van der Waals surface area contributed by atoms with E-state index >= 15 is 0 Å². The molecule has 16 heavy (non-hydrogen) atoms. The van der Waals surface area contributed by atoms with Gasteiger partial charge in [0, 0.05) is 7.05 Å². The lowest BCUT2D eigenvalue weighted by atomic mass is 10.0. The van der Waals surface area contributed by atoms with E-state index in [1.54, 1.807) is 24.1 Å². The van der Waals surface area contributed by atoms with Crippen molar-refractivity contribution in [2.45, 2.75) is 19.4 Å². The van der Waals surface area contributed by atoms with E-state index in [0.717, 1.165) is 0 Å². The quantitative estimate of drug-likeness (QED) is 0.795. The molecule has 1 N–H and O–H groups in total. The third-order valence-corrected chi connectivity index (χ3v) is 2.80. The van der Waals surface area contributed by atoms with Crippen LogP contribution in [0.1, 0.15) is 24.2 Å². The molecule has 0 aromatic heterocycles. The van der Waals surface area contributed by atoms with Gasteiger partial charge in [0.25, 0.3) is 0 Å². The molecule has 1 aromatic carbocycles. The van der Waals surface area contributed by atoms with Crippen molar-refractivity contribution in [2.75, 3.05) is 18.6 Å². The first-order valence-electron chi connectivity index (χ1n) is 5.02. The van der Waals surface area contributed by atoms with Crippen LogP contribution in [-0.4, -0.2) is 30.6 Å². The minimum atomic E-state index is -0.550. The van der Waals surface area contributed by atoms with Gasteiger partial charge in [0.1, 0.15) is 5.82 Å². The predicted octanol–water partition coefficient (Wildman–Crippen LogP) is 1.85. The van der Waals surface area contributed by atoms with Gasteiger partial charge in [-0.3, -0.25) is 4.79 Å². The Balaban J connectivity index is 3.23. The molecule has 88 valence electrons. The zero-order valence-electron chi connectivity index (χ0n) is 9.70. The zero-order valence-corrected chi connectivity index (χ0v) is 9.70. The summed E-state index contributed by atoms with van der Waals surface area (Å²) in [6, 6.07) is 4.44. The van der Waals surface area contributed by atoms with Gasteiger partial charge in [-0.2, -0.15) is 0 Å². The van der Waals surface area contributed by atoms with Crippen LogP contribution < -0.4 is 4.90 Å². The highest BCUT2D eigenvalue weighted by molar-refractivity contribution is 5.85. The van der Waals surface area contributed by atoms with E-state index in [9.17, 15) is 14.3 Å². The summed E-state index contributed by atoms with van der Waals surface area (Å²) in [6.07, 6.45) is 0.495. The van der Waals surface area contributed by atoms with Crippen LogP contribution in [0.5, 0.6) is 0 Å². The van der Waals surface area contributed by atoms with Gasteiger partial charge < -0.3 is 10.0 Å². The summed E-state index contributed by atoms with van der Waals surface area (Å²) >= 11 is 0. The molecule has 0 aliphatic carbocycles. The summed E-state index contributed by atoms with van der Waals surface area (Å²) in [5.41, 5.74) is -0.0495. The molecule has 0 fully saturated rings. The summed E-state index contributed by atoms with van der Waals surface area (Å²) in [6.45, 7) is 3.54. The fourth-order valence-corrected chi connectivity index (χ4v) is 1.37. The van der Waals surface area contributed by atoms with Crippen molar-refractivity contribution in [2.24, 2.45) is 0 Å². The number of aliphatic hydroxyl groups excluding tert-OH is 1. The number of nitrogens with zero attached hydrogens (tertiary/aromatic N) is 1. The number of aldehydes is 1. The fourth-order valence-electron chi connectivity index (χ4n) is 1.37. The number of hydrogen-bond donors (Lipinski definition) is 1. The van der Waals surface area contributed by atoms with Crippen molar-refractivity contribution < 1.29 is 14.3 Å². The van der Waals surface area contributed by atoms with Crippen LogP contribution in [0.25, 0.3) is 0 Å². The minimum Gasteiger partial charge on any atom is -0.394 e. The zero-order chi connectivity index (χ0) is 12.3. The van der Waals surface area contributed by atoms with Gasteiger partial charge in [0.15, 0.2) is 6.29 Å². The number of rotatable bonds is 4. The second kappa shape index (κ2) is 4.61. The Bertz CT molecular complexity index is 391. The molecule has 1 rings (SSSR count). The Morgan fingerprint density at radius 3 is 2.62 bits per heavy atom.